The molecule has 0 unspecified atom stereocenters. The SMILES string of the molecule is Cc1cc(C)c2oc(-c3ccc(NC(=S)NC(=O)c4ccc(C)c([N+](=O)[O-])c4)cc3)nc2c1. The largest absolute Gasteiger partial charge is 0.436 e. The molecule has 4 rings (SSSR count). The van der Waals surface area contributed by atoms with E-state index in [2.05, 4.69) is 15.6 Å². The number of rotatable bonds is 4. The number of nitrogens with one attached hydrogen (secondary N) is 2. The number of carbonyl (C=O) groups is 1. The summed E-state index contributed by atoms with van der Waals surface area (Å²) >= 11 is 5.21. The van der Waals surface area contributed by atoms with Crippen molar-refractivity contribution in [2.24, 2.45) is 0 Å². The number of nitro benzene ring substituents is 1. The van der Waals surface area contributed by atoms with Gasteiger partial charge in [0.15, 0.2) is 10.7 Å². The third-order valence-electron chi connectivity index (χ3n) is 5.10. The average molecular weight is 461 g/mol. The van der Waals surface area contributed by atoms with E-state index in [9.17, 15) is 14.9 Å². The smallest absolute Gasteiger partial charge is 0.273 e. The summed E-state index contributed by atoms with van der Waals surface area (Å²) in [6.45, 7) is 5.61. The van der Waals surface area contributed by atoms with Crippen molar-refractivity contribution in [2.75, 3.05) is 5.32 Å². The Hall–Kier alpha value is -4.11. The molecular formula is C24H20N4O4S. The lowest BCUT2D eigenvalue weighted by atomic mass is 10.1. The van der Waals surface area contributed by atoms with Crippen LogP contribution in [0.4, 0.5) is 11.4 Å². The van der Waals surface area contributed by atoms with Gasteiger partial charge in [-0.05, 0) is 80.5 Å². The average Bonchev–Trinajstić information content (AvgIpc) is 3.18. The molecule has 2 N–H and O–H groups in total. The second-order valence-corrected chi connectivity index (χ2v) is 8.10. The molecule has 1 aromatic heterocycles. The zero-order chi connectivity index (χ0) is 23.7. The van der Waals surface area contributed by atoms with Crippen LogP contribution in [-0.4, -0.2) is 20.9 Å². The number of nitro groups is 1. The minimum absolute atomic E-state index is 0.0731. The van der Waals surface area contributed by atoms with Crippen molar-refractivity contribution in [3.05, 3.63) is 87.0 Å². The van der Waals surface area contributed by atoms with Crippen LogP contribution in [0.25, 0.3) is 22.6 Å². The summed E-state index contributed by atoms with van der Waals surface area (Å²) in [5, 5.41) is 16.6. The summed E-state index contributed by atoms with van der Waals surface area (Å²) in [7, 11) is 0. The van der Waals surface area contributed by atoms with Crippen LogP contribution in [0.3, 0.4) is 0 Å². The number of benzene rings is 3. The van der Waals surface area contributed by atoms with Gasteiger partial charge in [-0.1, -0.05) is 12.1 Å². The molecule has 33 heavy (non-hydrogen) atoms. The molecule has 0 fully saturated rings. The Morgan fingerprint density at radius 3 is 2.45 bits per heavy atom. The molecule has 0 saturated heterocycles. The van der Waals surface area contributed by atoms with Crippen LogP contribution >= 0.6 is 12.2 Å². The van der Waals surface area contributed by atoms with Crippen molar-refractivity contribution in [1.29, 1.82) is 0 Å². The molecule has 4 aromatic rings. The van der Waals surface area contributed by atoms with Crippen molar-refractivity contribution in [1.82, 2.24) is 10.3 Å². The van der Waals surface area contributed by atoms with Crippen LogP contribution in [0.1, 0.15) is 27.0 Å². The first-order valence-electron chi connectivity index (χ1n) is 10.1. The van der Waals surface area contributed by atoms with Crippen LogP contribution in [0, 0.1) is 30.9 Å². The molecule has 0 bridgehead atoms. The Balaban J connectivity index is 1.44. The number of aromatic nitrogens is 1. The fourth-order valence-corrected chi connectivity index (χ4v) is 3.69. The number of nitrogens with zero attached hydrogens (tertiary/aromatic N) is 2. The molecule has 9 heteroatoms. The number of fused-ring (bicyclic) bond motifs is 1. The first-order valence-corrected chi connectivity index (χ1v) is 10.5. The van der Waals surface area contributed by atoms with Gasteiger partial charge < -0.3 is 9.73 Å². The highest BCUT2D eigenvalue weighted by molar-refractivity contribution is 7.80. The molecule has 3 aromatic carbocycles. The van der Waals surface area contributed by atoms with Crippen LogP contribution in [-0.2, 0) is 0 Å². The highest BCUT2D eigenvalue weighted by Gasteiger charge is 2.16. The molecule has 0 spiro atoms. The second-order valence-electron chi connectivity index (χ2n) is 7.69. The predicted octanol–water partition coefficient (Wildman–Crippen LogP) is 5.46. The molecule has 0 aliphatic heterocycles. The Morgan fingerprint density at radius 1 is 1.03 bits per heavy atom. The summed E-state index contributed by atoms with van der Waals surface area (Å²) in [5.74, 6) is -0.0218. The van der Waals surface area contributed by atoms with Crippen molar-refractivity contribution in [2.45, 2.75) is 20.8 Å². The summed E-state index contributed by atoms with van der Waals surface area (Å²) in [6, 6.07) is 15.5. The van der Waals surface area contributed by atoms with Crippen molar-refractivity contribution >= 4 is 45.7 Å². The van der Waals surface area contributed by atoms with Gasteiger partial charge in [0.05, 0.1) is 4.92 Å². The number of hydrogen-bond donors (Lipinski definition) is 2. The highest BCUT2D eigenvalue weighted by Crippen LogP contribution is 2.28. The lowest BCUT2D eigenvalue weighted by Crippen LogP contribution is -2.34. The number of thiocarbonyl (C=S) groups is 1. The summed E-state index contributed by atoms with van der Waals surface area (Å²) in [6.07, 6.45) is 0. The number of aryl methyl sites for hydroxylation is 3. The summed E-state index contributed by atoms with van der Waals surface area (Å²) in [4.78, 5) is 27.6. The van der Waals surface area contributed by atoms with E-state index in [1.165, 1.54) is 18.2 Å². The molecule has 1 amide bonds. The Morgan fingerprint density at radius 2 is 1.76 bits per heavy atom. The van der Waals surface area contributed by atoms with Gasteiger partial charge in [-0.25, -0.2) is 4.98 Å². The molecule has 0 aliphatic rings. The summed E-state index contributed by atoms with van der Waals surface area (Å²) < 4.78 is 5.94. The normalized spacial score (nSPS) is 10.8. The number of hydrogen-bond acceptors (Lipinski definition) is 6. The summed E-state index contributed by atoms with van der Waals surface area (Å²) in [5.41, 5.74) is 5.68. The number of anilines is 1. The van der Waals surface area contributed by atoms with Crippen LogP contribution < -0.4 is 10.6 Å². The fraction of sp³-hybridized carbons (Fsp3) is 0.125. The molecule has 8 nitrogen and oxygen atoms in total. The molecule has 0 saturated carbocycles. The van der Waals surface area contributed by atoms with Gasteiger partial charge in [0, 0.05) is 28.4 Å². The van der Waals surface area contributed by atoms with E-state index >= 15 is 0 Å². The van der Waals surface area contributed by atoms with E-state index < -0.39 is 10.8 Å². The Bertz CT molecular complexity index is 1410. The number of amides is 1. The van der Waals surface area contributed by atoms with Gasteiger partial charge in [-0.3, -0.25) is 20.2 Å². The minimum Gasteiger partial charge on any atom is -0.436 e. The third kappa shape index (κ3) is 4.73. The standard InChI is InChI=1S/C24H20N4O4S/c1-13-10-15(3)21-19(11-13)26-23(32-21)16-6-8-18(9-7-16)25-24(33)27-22(29)17-5-4-14(2)20(12-17)28(30)31/h4-12H,1-3H3,(H2,25,27,29,33). The second kappa shape index (κ2) is 8.79. The van der Waals surface area contributed by atoms with Crippen molar-refractivity contribution < 1.29 is 14.1 Å². The topological polar surface area (TPSA) is 110 Å². The lowest BCUT2D eigenvalue weighted by Gasteiger charge is -2.10. The maximum Gasteiger partial charge on any atom is 0.273 e. The Kier molecular flexibility index (Phi) is 5.89. The van der Waals surface area contributed by atoms with Gasteiger partial charge >= 0.3 is 0 Å². The minimum atomic E-state index is -0.538. The van der Waals surface area contributed by atoms with Gasteiger partial charge in [-0.15, -0.1) is 0 Å². The molecule has 0 atom stereocenters. The van der Waals surface area contributed by atoms with Crippen LogP contribution in [0.5, 0.6) is 0 Å². The predicted molar refractivity (Wildman–Crippen MR) is 130 cm³/mol. The zero-order valence-corrected chi connectivity index (χ0v) is 18.9. The van der Waals surface area contributed by atoms with E-state index in [-0.39, 0.29) is 16.4 Å². The van der Waals surface area contributed by atoms with Crippen molar-refractivity contribution in [3.63, 3.8) is 0 Å². The zero-order valence-electron chi connectivity index (χ0n) is 18.1. The van der Waals surface area contributed by atoms with Gasteiger partial charge in [-0.2, -0.15) is 0 Å². The molecule has 0 aliphatic carbocycles. The first-order chi connectivity index (χ1) is 15.7. The monoisotopic (exact) mass is 460 g/mol. The van der Waals surface area contributed by atoms with Gasteiger partial charge in [0.25, 0.3) is 11.6 Å². The maximum atomic E-state index is 12.4. The fourth-order valence-electron chi connectivity index (χ4n) is 3.48. The van der Waals surface area contributed by atoms with Crippen molar-refractivity contribution in [3.8, 4) is 11.5 Å². The first kappa shape index (κ1) is 22.1. The van der Waals surface area contributed by atoms with Crippen LogP contribution in [0.15, 0.2) is 59.0 Å². The van der Waals surface area contributed by atoms with E-state index in [0.29, 0.717) is 17.1 Å². The quantitative estimate of drug-likeness (QED) is 0.236. The van der Waals surface area contributed by atoms with E-state index in [1.54, 1.807) is 19.1 Å². The molecule has 166 valence electrons. The van der Waals surface area contributed by atoms with Gasteiger partial charge in [0.2, 0.25) is 5.89 Å². The number of oxazole rings is 1. The van der Waals surface area contributed by atoms with E-state index in [0.717, 1.165) is 27.8 Å². The maximum absolute atomic E-state index is 12.4. The number of carbonyl (C=O) groups excluding carboxylic acids is 1. The van der Waals surface area contributed by atoms with E-state index in [4.69, 9.17) is 16.6 Å². The molecule has 0 radical (unpaired) electrons. The Labute approximate surface area is 194 Å². The van der Waals surface area contributed by atoms with E-state index in [1.807, 2.05) is 38.1 Å². The molecular weight excluding hydrogens is 440 g/mol. The third-order valence-corrected chi connectivity index (χ3v) is 5.31. The highest BCUT2D eigenvalue weighted by atomic mass is 32.1. The molecule has 1 heterocycles. The lowest BCUT2D eigenvalue weighted by molar-refractivity contribution is -0.385. The van der Waals surface area contributed by atoms with Crippen LogP contribution in [0.2, 0.25) is 0 Å². The van der Waals surface area contributed by atoms with Gasteiger partial charge in [0.1, 0.15) is 5.52 Å².